The largest absolute Gasteiger partial charge is 0.369 e. The Labute approximate surface area is 58.2 Å². The summed E-state index contributed by atoms with van der Waals surface area (Å²) in [4.78, 5) is 3.73. The molecule has 56 valence electrons. The molecule has 0 bridgehead atoms. The van der Waals surface area contributed by atoms with E-state index in [9.17, 15) is 0 Å². The van der Waals surface area contributed by atoms with Crippen LogP contribution in [0.2, 0.25) is 0 Å². The van der Waals surface area contributed by atoms with E-state index in [1.54, 1.807) is 0 Å². The van der Waals surface area contributed by atoms with E-state index < -0.39 is 6.17 Å². The van der Waals surface area contributed by atoms with Gasteiger partial charge in [0.25, 0.3) is 0 Å². The zero-order valence-electron chi connectivity index (χ0n) is 5.41. The van der Waals surface area contributed by atoms with E-state index in [0.717, 1.165) is 5.01 Å². The number of hydrazine groups is 1. The molecule has 7 N–H and O–H groups in total. The molecule has 1 aliphatic rings. The minimum atomic E-state index is -0.613. The van der Waals surface area contributed by atoms with Crippen LogP contribution in [0.5, 0.6) is 0 Å². The van der Waals surface area contributed by atoms with Crippen LogP contribution in [0.25, 0.3) is 0 Å². The van der Waals surface area contributed by atoms with Gasteiger partial charge in [-0.05, 0) is 0 Å². The first-order chi connectivity index (χ1) is 4.63. The molecule has 0 fully saturated rings. The number of hydrogen-bond donors (Lipinski definition) is 4. The van der Waals surface area contributed by atoms with Crippen molar-refractivity contribution in [3.05, 3.63) is 0 Å². The maximum absolute atomic E-state index is 7.21. The number of hydrogen-bond acceptors (Lipinski definition) is 6. The van der Waals surface area contributed by atoms with Crippen molar-refractivity contribution in [3.63, 3.8) is 0 Å². The van der Waals surface area contributed by atoms with Crippen LogP contribution < -0.4 is 17.3 Å². The molecule has 0 amide bonds. The molecule has 0 saturated carbocycles. The van der Waals surface area contributed by atoms with Crippen molar-refractivity contribution in [1.29, 1.82) is 5.41 Å². The average molecular weight is 142 g/mol. The van der Waals surface area contributed by atoms with E-state index in [1.807, 2.05) is 0 Å². The van der Waals surface area contributed by atoms with Crippen LogP contribution in [-0.2, 0) is 0 Å². The Hall–Kier alpha value is -1.14. The van der Waals surface area contributed by atoms with E-state index >= 15 is 0 Å². The minimum Gasteiger partial charge on any atom is -0.369 e. The standard InChI is InChI=1S/C4H10N6/c5-2-1-9-4(7)10(8)3(2)6/h3,5H,1,6,8H2,(H2,7,9). The fourth-order valence-corrected chi connectivity index (χ4v) is 0.652. The predicted octanol–water partition coefficient (Wildman–Crippen LogP) is -2.21. The first kappa shape index (κ1) is 6.97. The van der Waals surface area contributed by atoms with Gasteiger partial charge in [0.05, 0.1) is 12.3 Å². The van der Waals surface area contributed by atoms with Gasteiger partial charge in [0.1, 0.15) is 6.17 Å². The molecular weight excluding hydrogens is 132 g/mol. The Morgan fingerprint density at radius 3 is 2.80 bits per heavy atom. The molecule has 0 aliphatic carbocycles. The van der Waals surface area contributed by atoms with Gasteiger partial charge in [-0.3, -0.25) is 5.01 Å². The second kappa shape index (κ2) is 2.24. The Morgan fingerprint density at radius 2 is 2.30 bits per heavy atom. The summed E-state index contributed by atoms with van der Waals surface area (Å²) in [6.07, 6.45) is -0.613. The van der Waals surface area contributed by atoms with E-state index in [-0.39, 0.29) is 18.2 Å². The van der Waals surface area contributed by atoms with Gasteiger partial charge in [0.2, 0.25) is 5.96 Å². The fourth-order valence-electron chi connectivity index (χ4n) is 0.652. The molecule has 0 spiro atoms. The number of rotatable bonds is 0. The van der Waals surface area contributed by atoms with Crippen LogP contribution in [-0.4, -0.2) is 29.4 Å². The van der Waals surface area contributed by atoms with Gasteiger partial charge in [0.15, 0.2) is 0 Å². The molecule has 0 radical (unpaired) electrons. The smallest absolute Gasteiger partial charge is 0.208 e. The highest BCUT2D eigenvalue weighted by Crippen LogP contribution is 1.95. The maximum Gasteiger partial charge on any atom is 0.208 e. The SMILES string of the molecule is N=C1CN=C(N)N(N)C1N. The van der Waals surface area contributed by atoms with Crippen LogP contribution in [0.3, 0.4) is 0 Å². The summed E-state index contributed by atoms with van der Waals surface area (Å²) in [6.45, 7) is 0.251. The number of nitrogens with zero attached hydrogens (tertiary/aromatic N) is 2. The van der Waals surface area contributed by atoms with Gasteiger partial charge in [-0.2, -0.15) is 0 Å². The molecule has 1 unspecified atom stereocenters. The topological polar surface area (TPSA) is 118 Å². The molecule has 0 aromatic rings. The van der Waals surface area contributed by atoms with Crippen molar-refractivity contribution in [3.8, 4) is 0 Å². The van der Waals surface area contributed by atoms with E-state index in [0.29, 0.717) is 0 Å². The number of guanidine groups is 1. The monoisotopic (exact) mass is 142 g/mol. The van der Waals surface area contributed by atoms with Gasteiger partial charge in [0, 0.05) is 0 Å². The van der Waals surface area contributed by atoms with Gasteiger partial charge in [-0.15, -0.1) is 0 Å². The lowest BCUT2D eigenvalue weighted by Gasteiger charge is -2.28. The quantitative estimate of drug-likeness (QED) is 0.287. The summed E-state index contributed by atoms with van der Waals surface area (Å²) < 4.78 is 0. The molecule has 1 heterocycles. The second-order valence-electron chi connectivity index (χ2n) is 2.05. The summed E-state index contributed by atoms with van der Waals surface area (Å²) in [7, 11) is 0. The molecule has 1 atom stereocenters. The lowest BCUT2D eigenvalue weighted by molar-refractivity contribution is 0.382. The first-order valence-electron chi connectivity index (χ1n) is 2.79. The second-order valence-corrected chi connectivity index (χ2v) is 2.05. The molecule has 0 aromatic carbocycles. The lowest BCUT2D eigenvalue weighted by Crippen LogP contribution is -2.60. The van der Waals surface area contributed by atoms with E-state index in [1.165, 1.54) is 0 Å². The molecule has 6 nitrogen and oxygen atoms in total. The van der Waals surface area contributed by atoms with Crippen LogP contribution >= 0.6 is 0 Å². The summed E-state index contributed by atoms with van der Waals surface area (Å²) in [5.41, 5.74) is 11.0. The van der Waals surface area contributed by atoms with Gasteiger partial charge >= 0.3 is 0 Å². The molecular formula is C4H10N6. The van der Waals surface area contributed by atoms with Crippen LogP contribution in [0.1, 0.15) is 0 Å². The summed E-state index contributed by atoms with van der Waals surface area (Å²) in [5, 5.41) is 8.28. The number of nitrogens with two attached hydrogens (primary N) is 3. The van der Waals surface area contributed by atoms with Crippen molar-refractivity contribution < 1.29 is 0 Å². The fraction of sp³-hybridized carbons (Fsp3) is 0.500. The molecule has 1 rings (SSSR count). The van der Waals surface area contributed by atoms with Crippen LogP contribution in [0.15, 0.2) is 4.99 Å². The van der Waals surface area contributed by atoms with Crippen molar-refractivity contribution in [2.45, 2.75) is 6.17 Å². The third-order valence-corrected chi connectivity index (χ3v) is 1.33. The summed E-state index contributed by atoms with van der Waals surface area (Å²) in [6, 6.07) is 0. The van der Waals surface area contributed by atoms with Gasteiger partial charge in [-0.1, -0.05) is 0 Å². The summed E-state index contributed by atoms with van der Waals surface area (Å²) >= 11 is 0. The maximum atomic E-state index is 7.21. The Morgan fingerprint density at radius 1 is 1.70 bits per heavy atom. The van der Waals surface area contributed by atoms with Gasteiger partial charge < -0.3 is 16.9 Å². The van der Waals surface area contributed by atoms with Crippen LogP contribution in [0, 0.1) is 5.41 Å². The Bertz CT molecular complexity index is 184. The Balaban J connectivity index is 2.80. The third kappa shape index (κ3) is 0.937. The zero-order valence-corrected chi connectivity index (χ0v) is 5.41. The molecule has 10 heavy (non-hydrogen) atoms. The lowest BCUT2D eigenvalue weighted by atomic mass is 10.3. The number of nitrogens with one attached hydrogen (secondary N) is 1. The van der Waals surface area contributed by atoms with Crippen molar-refractivity contribution >= 4 is 11.7 Å². The Kier molecular flexibility index (Phi) is 1.56. The van der Waals surface area contributed by atoms with E-state index in [2.05, 4.69) is 4.99 Å². The van der Waals surface area contributed by atoms with Crippen molar-refractivity contribution in [2.24, 2.45) is 22.3 Å². The minimum absolute atomic E-state index is 0.184. The highest BCUT2D eigenvalue weighted by atomic mass is 15.5. The predicted molar refractivity (Wildman–Crippen MR) is 38.2 cm³/mol. The first-order valence-corrected chi connectivity index (χ1v) is 2.79. The number of aliphatic imine (C=N–C) groups is 1. The normalized spacial score (nSPS) is 26.6. The molecule has 6 heteroatoms. The molecule has 1 aliphatic heterocycles. The van der Waals surface area contributed by atoms with Crippen LogP contribution in [0.4, 0.5) is 0 Å². The average Bonchev–Trinajstić information content (AvgIpc) is 1.93. The van der Waals surface area contributed by atoms with Crippen molar-refractivity contribution in [1.82, 2.24) is 5.01 Å². The highest BCUT2D eigenvalue weighted by Gasteiger charge is 2.21. The van der Waals surface area contributed by atoms with E-state index in [4.69, 9.17) is 22.7 Å². The summed E-state index contributed by atoms with van der Waals surface area (Å²) in [5.74, 6) is 5.51. The zero-order chi connectivity index (χ0) is 7.72. The van der Waals surface area contributed by atoms with Crippen molar-refractivity contribution in [2.75, 3.05) is 6.54 Å². The molecule has 0 aromatic heterocycles. The van der Waals surface area contributed by atoms with Gasteiger partial charge in [-0.25, -0.2) is 10.8 Å². The molecule has 0 saturated heterocycles. The highest BCUT2D eigenvalue weighted by molar-refractivity contribution is 5.96. The third-order valence-electron chi connectivity index (χ3n) is 1.33.